The molecule has 0 spiro atoms. The zero-order valence-electron chi connectivity index (χ0n) is 11.1. The first-order chi connectivity index (χ1) is 9.99. The van der Waals surface area contributed by atoms with Gasteiger partial charge in [0.1, 0.15) is 6.61 Å². The number of carbonyl (C=O) groups excluding carboxylic acids is 1. The standard InChI is InChI=1S/C15H14N2O4/c16-12-3-1-2-11(14(17)18)13(12)21-8-9-4-6-10(7-5-9)15(19)20/h1-7H,8,16H2,(H2,17,18)(H,19,20). The van der Waals surface area contributed by atoms with Gasteiger partial charge in [-0.25, -0.2) is 4.79 Å². The minimum atomic E-state index is -0.995. The van der Waals surface area contributed by atoms with Crippen LogP contribution in [-0.2, 0) is 6.61 Å². The van der Waals surface area contributed by atoms with Crippen molar-refractivity contribution >= 4 is 17.6 Å². The number of carboxylic acid groups (broad SMARTS) is 1. The lowest BCUT2D eigenvalue weighted by Gasteiger charge is -2.12. The molecule has 6 nitrogen and oxygen atoms in total. The van der Waals surface area contributed by atoms with E-state index in [1.165, 1.54) is 18.2 Å². The summed E-state index contributed by atoms with van der Waals surface area (Å²) in [6, 6.07) is 11.0. The number of rotatable bonds is 5. The number of amides is 1. The van der Waals surface area contributed by atoms with Crippen molar-refractivity contribution in [2.24, 2.45) is 5.73 Å². The molecule has 0 aliphatic rings. The van der Waals surface area contributed by atoms with Gasteiger partial charge < -0.3 is 21.3 Å². The molecule has 2 aromatic rings. The van der Waals surface area contributed by atoms with E-state index in [4.69, 9.17) is 21.3 Å². The summed E-state index contributed by atoms with van der Waals surface area (Å²) in [6.07, 6.45) is 0. The molecule has 0 atom stereocenters. The Hall–Kier alpha value is -3.02. The van der Waals surface area contributed by atoms with Crippen LogP contribution in [-0.4, -0.2) is 17.0 Å². The molecule has 0 aliphatic carbocycles. The molecule has 0 saturated heterocycles. The zero-order valence-corrected chi connectivity index (χ0v) is 11.1. The maximum atomic E-state index is 11.3. The molecule has 0 unspecified atom stereocenters. The summed E-state index contributed by atoms with van der Waals surface area (Å²) >= 11 is 0. The van der Waals surface area contributed by atoms with Crippen LogP contribution < -0.4 is 16.2 Å². The van der Waals surface area contributed by atoms with Crippen LogP contribution >= 0.6 is 0 Å². The Morgan fingerprint density at radius 1 is 1.10 bits per heavy atom. The van der Waals surface area contributed by atoms with Crippen molar-refractivity contribution in [3.63, 3.8) is 0 Å². The molecule has 0 saturated carbocycles. The van der Waals surface area contributed by atoms with E-state index in [1.807, 2.05) is 0 Å². The van der Waals surface area contributed by atoms with Gasteiger partial charge in [0.25, 0.3) is 5.91 Å². The first-order valence-electron chi connectivity index (χ1n) is 6.12. The van der Waals surface area contributed by atoms with E-state index in [9.17, 15) is 9.59 Å². The quantitative estimate of drug-likeness (QED) is 0.723. The van der Waals surface area contributed by atoms with E-state index in [-0.39, 0.29) is 23.5 Å². The molecule has 21 heavy (non-hydrogen) atoms. The molecule has 5 N–H and O–H groups in total. The first-order valence-corrected chi connectivity index (χ1v) is 6.12. The summed E-state index contributed by atoms with van der Waals surface area (Å²) in [5.41, 5.74) is 12.5. The average Bonchev–Trinajstić information content (AvgIpc) is 2.46. The molecule has 2 rings (SSSR count). The smallest absolute Gasteiger partial charge is 0.335 e. The average molecular weight is 286 g/mol. The number of carbonyl (C=O) groups is 2. The monoisotopic (exact) mass is 286 g/mol. The second kappa shape index (κ2) is 5.96. The zero-order chi connectivity index (χ0) is 15.4. The minimum absolute atomic E-state index is 0.147. The van der Waals surface area contributed by atoms with E-state index in [0.717, 1.165) is 5.56 Å². The molecule has 2 aromatic carbocycles. The Labute approximate surface area is 120 Å². The minimum Gasteiger partial charge on any atom is -0.486 e. The molecule has 0 aromatic heterocycles. The van der Waals surface area contributed by atoms with Crippen molar-refractivity contribution in [2.45, 2.75) is 6.61 Å². The van der Waals surface area contributed by atoms with Gasteiger partial charge in [0.2, 0.25) is 0 Å². The molecule has 0 bridgehead atoms. The van der Waals surface area contributed by atoms with Crippen LogP contribution in [0.1, 0.15) is 26.3 Å². The summed E-state index contributed by atoms with van der Waals surface area (Å²) in [5, 5.41) is 8.82. The summed E-state index contributed by atoms with van der Waals surface area (Å²) in [5.74, 6) is -1.39. The van der Waals surface area contributed by atoms with Crippen molar-refractivity contribution in [1.29, 1.82) is 0 Å². The normalized spacial score (nSPS) is 10.1. The molecule has 0 fully saturated rings. The largest absolute Gasteiger partial charge is 0.486 e. The van der Waals surface area contributed by atoms with Crippen LogP contribution in [0.25, 0.3) is 0 Å². The van der Waals surface area contributed by atoms with Crippen molar-refractivity contribution in [2.75, 3.05) is 5.73 Å². The highest BCUT2D eigenvalue weighted by molar-refractivity contribution is 5.97. The Morgan fingerprint density at radius 3 is 2.33 bits per heavy atom. The van der Waals surface area contributed by atoms with Crippen LogP contribution in [0.4, 0.5) is 5.69 Å². The van der Waals surface area contributed by atoms with Gasteiger partial charge in [-0.05, 0) is 29.8 Å². The third-order valence-corrected chi connectivity index (χ3v) is 2.90. The van der Waals surface area contributed by atoms with Crippen LogP contribution in [0.15, 0.2) is 42.5 Å². The molecule has 1 amide bonds. The van der Waals surface area contributed by atoms with Gasteiger partial charge in [-0.2, -0.15) is 0 Å². The maximum absolute atomic E-state index is 11.3. The molecule has 6 heteroatoms. The lowest BCUT2D eigenvalue weighted by atomic mass is 10.1. The first kappa shape index (κ1) is 14.4. The SMILES string of the molecule is NC(=O)c1cccc(N)c1OCc1ccc(C(=O)O)cc1. The van der Waals surface area contributed by atoms with Crippen LogP contribution in [0.5, 0.6) is 5.75 Å². The predicted octanol–water partition coefficient (Wildman–Crippen LogP) is 1.64. The van der Waals surface area contributed by atoms with Gasteiger partial charge in [0.05, 0.1) is 16.8 Å². The topological polar surface area (TPSA) is 116 Å². The van der Waals surface area contributed by atoms with Crippen molar-refractivity contribution in [1.82, 2.24) is 0 Å². The van der Waals surface area contributed by atoms with Crippen LogP contribution in [0.2, 0.25) is 0 Å². The molecule has 0 radical (unpaired) electrons. The third-order valence-electron chi connectivity index (χ3n) is 2.90. The summed E-state index contributed by atoms with van der Waals surface area (Å²) < 4.78 is 5.54. The predicted molar refractivity (Wildman–Crippen MR) is 77.1 cm³/mol. The number of nitrogen functional groups attached to an aromatic ring is 1. The number of aromatic carboxylic acids is 1. The van der Waals surface area contributed by atoms with Gasteiger partial charge >= 0.3 is 5.97 Å². The van der Waals surface area contributed by atoms with Crippen molar-refractivity contribution in [3.8, 4) is 5.75 Å². The highest BCUT2D eigenvalue weighted by atomic mass is 16.5. The van der Waals surface area contributed by atoms with E-state index in [2.05, 4.69) is 0 Å². The van der Waals surface area contributed by atoms with E-state index in [1.54, 1.807) is 24.3 Å². The Balaban J connectivity index is 2.16. The number of benzene rings is 2. The number of ether oxygens (including phenoxy) is 1. The molecular weight excluding hydrogens is 272 g/mol. The Bertz CT molecular complexity index is 681. The van der Waals surface area contributed by atoms with Gasteiger partial charge in [0, 0.05) is 0 Å². The maximum Gasteiger partial charge on any atom is 0.335 e. The second-order valence-corrected chi connectivity index (χ2v) is 4.38. The number of carboxylic acids is 1. The Kier molecular flexibility index (Phi) is 4.08. The molecule has 0 heterocycles. The lowest BCUT2D eigenvalue weighted by Crippen LogP contribution is -2.14. The highest BCUT2D eigenvalue weighted by Crippen LogP contribution is 2.26. The number of anilines is 1. The summed E-state index contributed by atoms with van der Waals surface area (Å²) in [7, 11) is 0. The number of nitrogens with two attached hydrogens (primary N) is 2. The summed E-state index contributed by atoms with van der Waals surface area (Å²) in [4.78, 5) is 22.1. The van der Waals surface area contributed by atoms with E-state index in [0.29, 0.717) is 5.69 Å². The lowest BCUT2D eigenvalue weighted by molar-refractivity contribution is 0.0696. The highest BCUT2D eigenvalue weighted by Gasteiger charge is 2.12. The van der Waals surface area contributed by atoms with Crippen molar-refractivity contribution in [3.05, 3.63) is 59.2 Å². The fourth-order valence-electron chi connectivity index (χ4n) is 1.81. The van der Waals surface area contributed by atoms with Gasteiger partial charge in [-0.3, -0.25) is 4.79 Å². The number of hydrogen-bond acceptors (Lipinski definition) is 4. The van der Waals surface area contributed by atoms with E-state index < -0.39 is 11.9 Å². The van der Waals surface area contributed by atoms with Crippen molar-refractivity contribution < 1.29 is 19.4 Å². The van der Waals surface area contributed by atoms with E-state index >= 15 is 0 Å². The van der Waals surface area contributed by atoms with Crippen LogP contribution in [0, 0.1) is 0 Å². The van der Waals surface area contributed by atoms with Crippen LogP contribution in [0.3, 0.4) is 0 Å². The van der Waals surface area contributed by atoms with Gasteiger partial charge in [-0.15, -0.1) is 0 Å². The number of hydrogen-bond donors (Lipinski definition) is 3. The second-order valence-electron chi connectivity index (χ2n) is 4.38. The summed E-state index contributed by atoms with van der Waals surface area (Å²) in [6.45, 7) is 0.147. The molecule has 0 aliphatic heterocycles. The molecular formula is C15H14N2O4. The number of primary amides is 1. The molecule has 108 valence electrons. The fourth-order valence-corrected chi connectivity index (χ4v) is 1.81. The Morgan fingerprint density at radius 2 is 1.76 bits per heavy atom. The third kappa shape index (κ3) is 3.30. The fraction of sp³-hybridized carbons (Fsp3) is 0.0667. The van der Waals surface area contributed by atoms with Gasteiger partial charge in [-0.1, -0.05) is 18.2 Å². The van der Waals surface area contributed by atoms with Gasteiger partial charge in [0.15, 0.2) is 5.75 Å². The number of para-hydroxylation sites is 1.